The van der Waals surface area contributed by atoms with E-state index < -0.39 is 0 Å². The maximum Gasteiger partial charge on any atom is 0.133 e. The van der Waals surface area contributed by atoms with Gasteiger partial charge in [-0.3, -0.25) is 0 Å². The highest BCUT2D eigenvalue weighted by Gasteiger charge is 2.32. The number of hydrogen-bond donors (Lipinski definition) is 1. The van der Waals surface area contributed by atoms with Crippen LogP contribution in [0.1, 0.15) is 55.9 Å². The molecule has 0 bridgehead atoms. The molecular weight excluding hydrogens is 370 g/mol. The highest BCUT2D eigenvalue weighted by Crippen LogP contribution is 2.43. The summed E-state index contributed by atoms with van der Waals surface area (Å²) in [6, 6.07) is 17.8. The molecule has 0 amide bonds. The Bertz CT molecular complexity index is 1010. The van der Waals surface area contributed by atoms with Gasteiger partial charge in [0.2, 0.25) is 0 Å². The molecule has 1 aliphatic rings. The molecule has 0 spiro atoms. The van der Waals surface area contributed by atoms with Crippen LogP contribution in [0.15, 0.2) is 71.6 Å². The lowest BCUT2D eigenvalue weighted by molar-refractivity contribution is -0.540. The lowest BCUT2D eigenvalue weighted by Crippen LogP contribution is -2.73. The SMILES string of the molecule is C[NH2+]c1ccc2ccccc2c1C(C)(C/C=C/c1cccs1)CC1=CCCCC1. The predicted octanol–water partition coefficient (Wildman–Crippen LogP) is 6.98. The first-order valence-corrected chi connectivity index (χ1v) is 11.8. The molecule has 1 heterocycles. The van der Waals surface area contributed by atoms with Crippen LogP contribution in [-0.2, 0) is 5.41 Å². The monoisotopic (exact) mass is 402 g/mol. The first kappa shape index (κ1) is 20.1. The van der Waals surface area contributed by atoms with Gasteiger partial charge >= 0.3 is 0 Å². The lowest BCUT2D eigenvalue weighted by atomic mass is 9.71. The van der Waals surface area contributed by atoms with E-state index in [1.54, 1.807) is 5.57 Å². The molecule has 0 radical (unpaired) electrons. The van der Waals surface area contributed by atoms with Gasteiger partial charge in [-0.2, -0.15) is 0 Å². The molecule has 1 aromatic heterocycles. The Labute approximate surface area is 179 Å². The minimum absolute atomic E-state index is 0.0830. The van der Waals surface area contributed by atoms with Gasteiger partial charge in [0.1, 0.15) is 5.69 Å². The van der Waals surface area contributed by atoms with Gasteiger partial charge in [-0.15, -0.1) is 11.3 Å². The number of allylic oxidation sites excluding steroid dienone is 3. The first-order chi connectivity index (χ1) is 14.2. The minimum Gasteiger partial charge on any atom is -0.316 e. The summed E-state index contributed by atoms with van der Waals surface area (Å²) in [5.41, 5.74) is 4.63. The first-order valence-electron chi connectivity index (χ1n) is 10.9. The molecule has 2 heteroatoms. The Morgan fingerprint density at radius 3 is 2.72 bits per heavy atom. The van der Waals surface area contributed by atoms with E-state index in [2.05, 4.69) is 91.4 Å². The number of quaternary nitrogens is 1. The fourth-order valence-corrected chi connectivity index (χ4v) is 5.50. The van der Waals surface area contributed by atoms with E-state index >= 15 is 0 Å². The average molecular weight is 403 g/mol. The summed E-state index contributed by atoms with van der Waals surface area (Å²) in [7, 11) is 2.18. The van der Waals surface area contributed by atoms with Crippen molar-refractivity contribution >= 4 is 33.9 Å². The summed E-state index contributed by atoms with van der Waals surface area (Å²) in [4.78, 5) is 1.34. The fourth-order valence-electron chi connectivity index (χ4n) is 4.85. The minimum atomic E-state index is 0.0830. The van der Waals surface area contributed by atoms with Crippen molar-refractivity contribution < 1.29 is 5.32 Å². The van der Waals surface area contributed by atoms with Crippen molar-refractivity contribution in [3.8, 4) is 0 Å². The highest BCUT2D eigenvalue weighted by atomic mass is 32.1. The standard InChI is InChI=1S/C27H31NS/c1-27(20-21-10-4-3-5-11-21,18-8-13-23-14-9-19-29-23)26-24-15-7-6-12-22(24)16-17-25(26)28-2/h6-10,12-17,19,28H,3-5,11,18,20H2,1-2H3/p+1/b13-8+. The van der Waals surface area contributed by atoms with E-state index in [9.17, 15) is 0 Å². The van der Waals surface area contributed by atoms with E-state index in [0.717, 1.165) is 12.8 Å². The smallest absolute Gasteiger partial charge is 0.133 e. The third-order valence-corrected chi connectivity index (χ3v) is 7.11. The summed E-state index contributed by atoms with van der Waals surface area (Å²) < 4.78 is 0. The number of nitrogens with two attached hydrogens (primary N) is 1. The zero-order valence-corrected chi connectivity index (χ0v) is 18.5. The van der Waals surface area contributed by atoms with Gasteiger partial charge in [0.15, 0.2) is 0 Å². The molecule has 29 heavy (non-hydrogen) atoms. The summed E-state index contributed by atoms with van der Waals surface area (Å²) in [5, 5.41) is 7.20. The predicted molar refractivity (Wildman–Crippen MR) is 128 cm³/mol. The van der Waals surface area contributed by atoms with Crippen LogP contribution in [-0.4, -0.2) is 7.05 Å². The van der Waals surface area contributed by atoms with Gasteiger partial charge in [0.25, 0.3) is 0 Å². The molecule has 2 N–H and O–H groups in total. The Kier molecular flexibility index (Phi) is 6.32. The van der Waals surface area contributed by atoms with Crippen LogP contribution in [0.3, 0.4) is 0 Å². The second-order valence-corrected chi connectivity index (χ2v) is 9.49. The van der Waals surface area contributed by atoms with Gasteiger partial charge in [-0.05, 0) is 79.0 Å². The third kappa shape index (κ3) is 4.55. The normalized spacial score (nSPS) is 16.8. The highest BCUT2D eigenvalue weighted by molar-refractivity contribution is 7.10. The molecule has 0 saturated carbocycles. The molecule has 1 unspecified atom stereocenters. The maximum atomic E-state index is 2.52. The Morgan fingerprint density at radius 2 is 1.97 bits per heavy atom. The molecule has 4 rings (SSSR count). The van der Waals surface area contributed by atoms with Crippen molar-refractivity contribution in [1.29, 1.82) is 0 Å². The Hall–Kier alpha value is -2.16. The molecular formula is C27H32NS+. The van der Waals surface area contributed by atoms with E-state index in [1.807, 2.05) is 11.3 Å². The van der Waals surface area contributed by atoms with Gasteiger partial charge < -0.3 is 5.32 Å². The summed E-state index contributed by atoms with van der Waals surface area (Å²) in [6.07, 6.45) is 14.6. The van der Waals surface area contributed by atoms with Gasteiger partial charge in [-0.25, -0.2) is 0 Å². The second-order valence-electron chi connectivity index (χ2n) is 8.51. The van der Waals surface area contributed by atoms with Crippen LogP contribution >= 0.6 is 11.3 Å². The zero-order chi connectivity index (χ0) is 20.1. The topological polar surface area (TPSA) is 16.6 Å². The van der Waals surface area contributed by atoms with Crippen molar-refractivity contribution in [3.63, 3.8) is 0 Å². The number of benzene rings is 2. The van der Waals surface area contributed by atoms with Crippen LogP contribution in [0.2, 0.25) is 0 Å². The second kappa shape index (κ2) is 9.11. The summed E-state index contributed by atoms with van der Waals surface area (Å²) in [5.74, 6) is 0. The van der Waals surface area contributed by atoms with Crippen molar-refractivity contribution in [1.82, 2.24) is 0 Å². The van der Waals surface area contributed by atoms with Crippen molar-refractivity contribution in [2.75, 3.05) is 7.05 Å². The molecule has 0 aliphatic heterocycles. The van der Waals surface area contributed by atoms with Crippen molar-refractivity contribution in [2.45, 2.75) is 50.9 Å². The largest absolute Gasteiger partial charge is 0.316 e. The van der Waals surface area contributed by atoms with E-state index in [-0.39, 0.29) is 5.41 Å². The number of thiophene rings is 1. The van der Waals surface area contributed by atoms with Crippen LogP contribution < -0.4 is 5.32 Å². The molecule has 1 nitrogen and oxygen atoms in total. The Balaban J connectivity index is 1.79. The number of rotatable bonds is 7. The third-order valence-electron chi connectivity index (χ3n) is 6.27. The quantitative estimate of drug-likeness (QED) is 0.324. The van der Waals surface area contributed by atoms with E-state index in [0.29, 0.717) is 0 Å². The van der Waals surface area contributed by atoms with Crippen LogP contribution in [0.4, 0.5) is 5.69 Å². The molecule has 2 aromatic carbocycles. The molecule has 0 fully saturated rings. The van der Waals surface area contributed by atoms with Gasteiger partial charge in [0, 0.05) is 15.9 Å². The molecule has 0 saturated heterocycles. The van der Waals surface area contributed by atoms with Crippen molar-refractivity contribution in [2.24, 2.45) is 0 Å². The maximum absolute atomic E-state index is 2.52. The molecule has 3 aromatic rings. The van der Waals surface area contributed by atoms with Gasteiger partial charge in [-0.1, -0.05) is 55.0 Å². The lowest BCUT2D eigenvalue weighted by Gasteiger charge is -2.33. The van der Waals surface area contributed by atoms with Crippen LogP contribution in [0, 0.1) is 0 Å². The van der Waals surface area contributed by atoms with E-state index in [1.165, 1.54) is 52.6 Å². The number of hydrogen-bond acceptors (Lipinski definition) is 1. The summed E-state index contributed by atoms with van der Waals surface area (Å²) >= 11 is 1.81. The fraction of sp³-hybridized carbons (Fsp3) is 0.333. The van der Waals surface area contributed by atoms with Crippen LogP contribution in [0.5, 0.6) is 0 Å². The summed E-state index contributed by atoms with van der Waals surface area (Å²) in [6.45, 7) is 2.48. The van der Waals surface area contributed by atoms with E-state index in [4.69, 9.17) is 0 Å². The van der Waals surface area contributed by atoms with Crippen LogP contribution in [0.25, 0.3) is 16.8 Å². The molecule has 1 aliphatic carbocycles. The Morgan fingerprint density at radius 1 is 1.07 bits per heavy atom. The van der Waals surface area contributed by atoms with Gasteiger partial charge in [0.05, 0.1) is 7.05 Å². The average Bonchev–Trinajstić information content (AvgIpc) is 3.27. The zero-order valence-electron chi connectivity index (χ0n) is 17.7. The van der Waals surface area contributed by atoms with Crippen molar-refractivity contribution in [3.05, 3.63) is 82.1 Å². The molecule has 150 valence electrons. The molecule has 1 atom stereocenters. The number of fused-ring (bicyclic) bond motifs is 1.